The van der Waals surface area contributed by atoms with Crippen LogP contribution in [0.1, 0.15) is 19.3 Å². The van der Waals surface area contributed by atoms with Gasteiger partial charge < -0.3 is 10.0 Å². The number of rotatable bonds is 4. The van der Waals surface area contributed by atoms with E-state index in [0.717, 1.165) is 18.5 Å². The van der Waals surface area contributed by atoms with Crippen LogP contribution in [0.2, 0.25) is 0 Å². The Morgan fingerprint density at radius 2 is 2.40 bits per heavy atom. The summed E-state index contributed by atoms with van der Waals surface area (Å²) in [5, 5.41) is 8.85. The molecule has 15 heavy (non-hydrogen) atoms. The van der Waals surface area contributed by atoms with E-state index < -0.39 is 5.97 Å². The fourth-order valence-electron chi connectivity index (χ4n) is 1.80. The van der Waals surface area contributed by atoms with Crippen LogP contribution in [0, 0.1) is 0 Å². The van der Waals surface area contributed by atoms with Crippen molar-refractivity contribution in [3.05, 3.63) is 24.5 Å². The van der Waals surface area contributed by atoms with Crippen LogP contribution in [0.3, 0.4) is 0 Å². The third kappa shape index (κ3) is 2.26. The number of hydrogen-bond acceptors (Lipinski definition) is 3. The highest BCUT2D eigenvalue weighted by molar-refractivity contribution is 5.73. The van der Waals surface area contributed by atoms with Crippen LogP contribution in [0.15, 0.2) is 24.5 Å². The Hall–Kier alpha value is -1.58. The maximum atomic E-state index is 10.8. The van der Waals surface area contributed by atoms with Gasteiger partial charge in [-0.2, -0.15) is 0 Å². The SMILES string of the molecule is O=C(O)CN(c1cccnc1)C1CCC1. The Labute approximate surface area is 88.6 Å². The van der Waals surface area contributed by atoms with Crippen molar-refractivity contribution in [3.63, 3.8) is 0 Å². The molecule has 0 bridgehead atoms. The molecule has 0 radical (unpaired) electrons. The summed E-state index contributed by atoms with van der Waals surface area (Å²) in [7, 11) is 0. The van der Waals surface area contributed by atoms with Gasteiger partial charge in [0.15, 0.2) is 0 Å². The second-order valence-electron chi connectivity index (χ2n) is 3.82. The normalized spacial score (nSPS) is 15.7. The van der Waals surface area contributed by atoms with Crippen LogP contribution in [-0.4, -0.2) is 28.6 Å². The average molecular weight is 206 g/mol. The van der Waals surface area contributed by atoms with Gasteiger partial charge in [0.25, 0.3) is 0 Å². The molecule has 1 aromatic rings. The Balaban J connectivity index is 2.14. The number of carbonyl (C=O) groups is 1. The van der Waals surface area contributed by atoms with E-state index in [-0.39, 0.29) is 6.54 Å². The van der Waals surface area contributed by atoms with Gasteiger partial charge in [-0.15, -0.1) is 0 Å². The van der Waals surface area contributed by atoms with Crippen molar-refractivity contribution >= 4 is 11.7 Å². The van der Waals surface area contributed by atoms with Gasteiger partial charge in [-0.3, -0.25) is 9.78 Å². The molecule has 1 N–H and O–H groups in total. The Morgan fingerprint density at radius 1 is 1.60 bits per heavy atom. The monoisotopic (exact) mass is 206 g/mol. The maximum absolute atomic E-state index is 10.8. The predicted molar refractivity (Wildman–Crippen MR) is 56.9 cm³/mol. The van der Waals surface area contributed by atoms with Crippen molar-refractivity contribution in [3.8, 4) is 0 Å². The van der Waals surface area contributed by atoms with Gasteiger partial charge >= 0.3 is 5.97 Å². The number of hydrogen-bond donors (Lipinski definition) is 1. The summed E-state index contributed by atoms with van der Waals surface area (Å²) in [6.45, 7) is 0.0658. The lowest BCUT2D eigenvalue weighted by Gasteiger charge is -2.37. The van der Waals surface area contributed by atoms with Crippen LogP contribution in [-0.2, 0) is 4.79 Å². The van der Waals surface area contributed by atoms with Crippen LogP contribution in [0.25, 0.3) is 0 Å². The van der Waals surface area contributed by atoms with Gasteiger partial charge in [0.05, 0.1) is 11.9 Å². The molecule has 0 aliphatic heterocycles. The number of nitrogens with zero attached hydrogens (tertiary/aromatic N) is 2. The molecule has 4 heteroatoms. The van der Waals surface area contributed by atoms with Crippen molar-refractivity contribution in [2.24, 2.45) is 0 Å². The van der Waals surface area contributed by atoms with E-state index in [0.29, 0.717) is 6.04 Å². The number of aliphatic carboxylic acids is 1. The summed E-state index contributed by atoms with van der Waals surface area (Å²) in [6.07, 6.45) is 6.79. The zero-order chi connectivity index (χ0) is 10.7. The average Bonchev–Trinajstić information content (AvgIpc) is 2.15. The minimum absolute atomic E-state index is 0.0658. The van der Waals surface area contributed by atoms with E-state index in [1.54, 1.807) is 12.4 Å². The summed E-state index contributed by atoms with van der Waals surface area (Å²) in [6, 6.07) is 4.13. The summed E-state index contributed by atoms with van der Waals surface area (Å²) >= 11 is 0. The van der Waals surface area contributed by atoms with Crippen LogP contribution in [0.4, 0.5) is 5.69 Å². The fraction of sp³-hybridized carbons (Fsp3) is 0.455. The molecule has 1 aliphatic rings. The minimum atomic E-state index is -0.786. The highest BCUT2D eigenvalue weighted by Gasteiger charge is 2.26. The van der Waals surface area contributed by atoms with E-state index in [2.05, 4.69) is 4.98 Å². The van der Waals surface area contributed by atoms with Gasteiger partial charge in [-0.25, -0.2) is 0 Å². The quantitative estimate of drug-likeness (QED) is 0.811. The first-order valence-corrected chi connectivity index (χ1v) is 5.16. The molecule has 1 saturated carbocycles. The first kappa shape index (κ1) is 9.96. The van der Waals surface area contributed by atoms with Gasteiger partial charge in [0.2, 0.25) is 0 Å². The minimum Gasteiger partial charge on any atom is -0.480 e. The van der Waals surface area contributed by atoms with Gasteiger partial charge in [-0.05, 0) is 31.4 Å². The second kappa shape index (κ2) is 4.29. The second-order valence-corrected chi connectivity index (χ2v) is 3.82. The number of aromatic nitrogens is 1. The number of carboxylic acids is 1. The number of pyridine rings is 1. The zero-order valence-corrected chi connectivity index (χ0v) is 8.47. The lowest BCUT2D eigenvalue weighted by Crippen LogP contribution is -2.43. The molecule has 0 saturated heterocycles. The molecule has 80 valence electrons. The summed E-state index contributed by atoms with van der Waals surface area (Å²) in [4.78, 5) is 16.7. The van der Waals surface area contributed by atoms with Crippen molar-refractivity contribution in [2.75, 3.05) is 11.4 Å². The molecular weight excluding hydrogens is 192 g/mol. The van der Waals surface area contributed by atoms with Gasteiger partial charge in [-0.1, -0.05) is 0 Å². The molecule has 0 spiro atoms. The van der Waals surface area contributed by atoms with E-state index >= 15 is 0 Å². The highest BCUT2D eigenvalue weighted by Crippen LogP contribution is 2.28. The predicted octanol–water partition coefficient (Wildman–Crippen LogP) is 1.53. The third-order valence-electron chi connectivity index (χ3n) is 2.80. The van der Waals surface area contributed by atoms with Crippen molar-refractivity contribution < 1.29 is 9.90 Å². The summed E-state index contributed by atoms with van der Waals surface area (Å²) < 4.78 is 0. The molecular formula is C11H14N2O2. The molecule has 0 amide bonds. The van der Waals surface area contributed by atoms with E-state index in [1.807, 2.05) is 17.0 Å². The van der Waals surface area contributed by atoms with Crippen LogP contribution < -0.4 is 4.90 Å². The number of anilines is 1. The third-order valence-corrected chi connectivity index (χ3v) is 2.80. The first-order valence-electron chi connectivity index (χ1n) is 5.16. The molecule has 0 aromatic carbocycles. The standard InChI is InChI=1S/C11H14N2O2/c14-11(15)8-13(9-3-1-4-9)10-5-2-6-12-7-10/h2,5-7,9H,1,3-4,8H2,(H,14,15). The number of carboxylic acid groups (broad SMARTS) is 1. The fourth-order valence-corrected chi connectivity index (χ4v) is 1.80. The van der Waals surface area contributed by atoms with Crippen LogP contribution >= 0.6 is 0 Å². The lowest BCUT2D eigenvalue weighted by atomic mass is 9.91. The zero-order valence-electron chi connectivity index (χ0n) is 8.47. The smallest absolute Gasteiger partial charge is 0.323 e. The first-order chi connectivity index (χ1) is 7.27. The van der Waals surface area contributed by atoms with Gasteiger partial charge in [0.1, 0.15) is 6.54 Å². The molecule has 1 heterocycles. The van der Waals surface area contributed by atoms with Gasteiger partial charge in [0, 0.05) is 12.2 Å². The molecule has 1 aromatic heterocycles. The molecule has 1 aliphatic carbocycles. The largest absolute Gasteiger partial charge is 0.480 e. The molecule has 0 unspecified atom stereocenters. The lowest BCUT2D eigenvalue weighted by molar-refractivity contribution is -0.135. The highest BCUT2D eigenvalue weighted by atomic mass is 16.4. The van der Waals surface area contributed by atoms with Crippen molar-refractivity contribution in [1.29, 1.82) is 0 Å². The molecule has 2 rings (SSSR count). The summed E-state index contributed by atoms with van der Waals surface area (Å²) in [5.74, 6) is -0.786. The molecule has 1 fully saturated rings. The maximum Gasteiger partial charge on any atom is 0.323 e. The van der Waals surface area contributed by atoms with Crippen molar-refractivity contribution in [2.45, 2.75) is 25.3 Å². The van der Waals surface area contributed by atoms with E-state index in [1.165, 1.54) is 6.42 Å². The molecule has 0 atom stereocenters. The van der Waals surface area contributed by atoms with E-state index in [4.69, 9.17) is 5.11 Å². The van der Waals surface area contributed by atoms with E-state index in [9.17, 15) is 4.79 Å². The van der Waals surface area contributed by atoms with Crippen molar-refractivity contribution in [1.82, 2.24) is 4.98 Å². The Morgan fingerprint density at radius 3 is 2.87 bits per heavy atom. The Kier molecular flexibility index (Phi) is 2.85. The van der Waals surface area contributed by atoms with Crippen LogP contribution in [0.5, 0.6) is 0 Å². The Bertz CT molecular complexity index is 336. The topological polar surface area (TPSA) is 53.4 Å². The molecule has 4 nitrogen and oxygen atoms in total. The summed E-state index contributed by atoms with van der Waals surface area (Å²) in [5.41, 5.74) is 0.907.